The topological polar surface area (TPSA) is 77.1 Å². The standard InChI is InChI=1S/C18H19N3O3/c1-11-5-4-6-14-17(11)19-10-21(18(14)23)9-16(22)20-13(3)15-8-7-12(2)24-15/h4-8,10,13H,9H2,1-3H3,(H,20,22). The molecule has 1 aromatic carbocycles. The van der Waals surface area contributed by atoms with Gasteiger partial charge in [0.1, 0.15) is 18.1 Å². The van der Waals surface area contributed by atoms with Gasteiger partial charge in [0.2, 0.25) is 5.91 Å². The fourth-order valence-electron chi connectivity index (χ4n) is 2.65. The fourth-order valence-corrected chi connectivity index (χ4v) is 2.65. The minimum atomic E-state index is -0.271. The first-order valence-corrected chi connectivity index (χ1v) is 7.76. The van der Waals surface area contributed by atoms with Gasteiger partial charge in [-0.15, -0.1) is 0 Å². The number of hydrogen-bond acceptors (Lipinski definition) is 4. The largest absolute Gasteiger partial charge is 0.464 e. The lowest BCUT2D eigenvalue weighted by atomic mass is 10.1. The van der Waals surface area contributed by atoms with Crippen LogP contribution in [-0.2, 0) is 11.3 Å². The molecule has 6 nitrogen and oxygen atoms in total. The number of aromatic nitrogens is 2. The number of para-hydroxylation sites is 1. The van der Waals surface area contributed by atoms with Crippen molar-refractivity contribution in [2.45, 2.75) is 33.4 Å². The van der Waals surface area contributed by atoms with E-state index < -0.39 is 0 Å². The molecule has 0 aliphatic carbocycles. The quantitative estimate of drug-likeness (QED) is 0.799. The van der Waals surface area contributed by atoms with Crippen molar-refractivity contribution in [2.75, 3.05) is 0 Å². The molecule has 1 atom stereocenters. The first kappa shape index (κ1) is 16.0. The van der Waals surface area contributed by atoms with Gasteiger partial charge in [0.05, 0.1) is 23.3 Å². The average molecular weight is 325 g/mol. The summed E-state index contributed by atoms with van der Waals surface area (Å²) in [5, 5.41) is 3.34. The molecule has 0 bridgehead atoms. The van der Waals surface area contributed by atoms with Crippen LogP contribution in [0.2, 0.25) is 0 Å². The molecular weight excluding hydrogens is 306 g/mol. The third kappa shape index (κ3) is 3.08. The van der Waals surface area contributed by atoms with E-state index in [4.69, 9.17) is 4.42 Å². The molecule has 2 heterocycles. The molecular formula is C18H19N3O3. The van der Waals surface area contributed by atoms with Gasteiger partial charge < -0.3 is 9.73 Å². The van der Waals surface area contributed by atoms with Crippen LogP contribution in [0.4, 0.5) is 0 Å². The summed E-state index contributed by atoms with van der Waals surface area (Å²) in [5.41, 5.74) is 1.38. The fraction of sp³-hybridized carbons (Fsp3) is 0.278. The van der Waals surface area contributed by atoms with E-state index >= 15 is 0 Å². The molecule has 3 aromatic rings. The third-order valence-electron chi connectivity index (χ3n) is 3.93. The minimum absolute atomic E-state index is 0.0836. The molecule has 3 rings (SSSR count). The number of amides is 1. The Balaban J connectivity index is 1.78. The highest BCUT2D eigenvalue weighted by atomic mass is 16.3. The number of nitrogens with zero attached hydrogens (tertiary/aromatic N) is 2. The van der Waals surface area contributed by atoms with Gasteiger partial charge in [-0.3, -0.25) is 14.2 Å². The average Bonchev–Trinajstić information content (AvgIpc) is 2.97. The summed E-state index contributed by atoms with van der Waals surface area (Å²) < 4.78 is 6.81. The number of furan rings is 1. The van der Waals surface area contributed by atoms with Gasteiger partial charge in [-0.2, -0.15) is 0 Å². The van der Waals surface area contributed by atoms with Gasteiger partial charge in [-0.05, 0) is 44.5 Å². The Morgan fingerprint density at radius 3 is 2.79 bits per heavy atom. The molecule has 1 amide bonds. The maximum absolute atomic E-state index is 12.5. The predicted molar refractivity (Wildman–Crippen MR) is 90.7 cm³/mol. The van der Waals surface area contributed by atoms with Crippen LogP contribution in [0.1, 0.15) is 30.0 Å². The summed E-state index contributed by atoms with van der Waals surface area (Å²) in [4.78, 5) is 29.0. The maximum Gasteiger partial charge on any atom is 0.261 e. The lowest BCUT2D eigenvalue weighted by molar-refractivity contribution is -0.122. The first-order valence-electron chi connectivity index (χ1n) is 7.76. The van der Waals surface area contributed by atoms with Gasteiger partial charge in [0.25, 0.3) is 5.56 Å². The number of aryl methyl sites for hydroxylation is 2. The zero-order valence-electron chi connectivity index (χ0n) is 13.9. The Morgan fingerprint density at radius 2 is 2.08 bits per heavy atom. The molecule has 0 radical (unpaired) electrons. The molecule has 0 fully saturated rings. The molecule has 0 aliphatic rings. The summed E-state index contributed by atoms with van der Waals surface area (Å²) in [5.74, 6) is 1.20. The Kier molecular flexibility index (Phi) is 4.20. The van der Waals surface area contributed by atoms with Crippen LogP contribution in [0.25, 0.3) is 10.9 Å². The molecule has 1 unspecified atom stereocenters. The minimum Gasteiger partial charge on any atom is -0.464 e. The van der Waals surface area contributed by atoms with E-state index in [0.29, 0.717) is 16.7 Å². The molecule has 6 heteroatoms. The normalized spacial score (nSPS) is 12.3. The zero-order chi connectivity index (χ0) is 17.3. The Hall–Kier alpha value is -2.89. The second-order valence-corrected chi connectivity index (χ2v) is 5.89. The van der Waals surface area contributed by atoms with Crippen molar-refractivity contribution in [3.63, 3.8) is 0 Å². The van der Waals surface area contributed by atoms with E-state index in [1.165, 1.54) is 10.9 Å². The van der Waals surface area contributed by atoms with E-state index in [-0.39, 0.29) is 24.1 Å². The van der Waals surface area contributed by atoms with Gasteiger partial charge in [-0.25, -0.2) is 4.98 Å². The molecule has 0 saturated heterocycles. The van der Waals surface area contributed by atoms with Crippen LogP contribution < -0.4 is 10.9 Å². The van der Waals surface area contributed by atoms with Crippen LogP contribution in [0.3, 0.4) is 0 Å². The monoisotopic (exact) mass is 325 g/mol. The summed E-state index contributed by atoms with van der Waals surface area (Å²) in [6.45, 7) is 5.50. The smallest absolute Gasteiger partial charge is 0.261 e. The molecule has 24 heavy (non-hydrogen) atoms. The highest BCUT2D eigenvalue weighted by Gasteiger charge is 2.14. The van der Waals surface area contributed by atoms with Crippen molar-refractivity contribution in [1.82, 2.24) is 14.9 Å². The van der Waals surface area contributed by atoms with Gasteiger partial charge in [-0.1, -0.05) is 12.1 Å². The Morgan fingerprint density at radius 1 is 1.29 bits per heavy atom. The van der Waals surface area contributed by atoms with Crippen molar-refractivity contribution in [1.29, 1.82) is 0 Å². The zero-order valence-corrected chi connectivity index (χ0v) is 13.9. The SMILES string of the molecule is Cc1ccc(C(C)NC(=O)Cn2cnc3c(C)cccc3c2=O)o1. The van der Waals surface area contributed by atoms with Crippen LogP contribution in [-0.4, -0.2) is 15.5 Å². The molecule has 0 spiro atoms. The molecule has 1 N–H and O–H groups in total. The third-order valence-corrected chi connectivity index (χ3v) is 3.93. The van der Waals surface area contributed by atoms with Gasteiger partial charge in [0, 0.05) is 0 Å². The number of rotatable bonds is 4. The predicted octanol–water partition coefficient (Wildman–Crippen LogP) is 2.48. The second kappa shape index (κ2) is 6.31. The van der Waals surface area contributed by atoms with Gasteiger partial charge in [0.15, 0.2) is 0 Å². The number of nitrogens with one attached hydrogen (secondary N) is 1. The molecule has 124 valence electrons. The lowest BCUT2D eigenvalue weighted by Crippen LogP contribution is -2.33. The van der Waals surface area contributed by atoms with Crippen molar-refractivity contribution < 1.29 is 9.21 Å². The van der Waals surface area contributed by atoms with E-state index in [1.807, 2.05) is 45.0 Å². The van der Waals surface area contributed by atoms with Crippen molar-refractivity contribution in [3.05, 3.63) is 64.1 Å². The molecule has 0 saturated carbocycles. The summed E-state index contributed by atoms with van der Waals surface area (Å²) in [7, 11) is 0. The highest BCUT2D eigenvalue weighted by molar-refractivity contribution is 5.81. The van der Waals surface area contributed by atoms with Gasteiger partial charge >= 0.3 is 0 Å². The number of fused-ring (bicyclic) bond motifs is 1. The Labute approximate surface area is 139 Å². The number of carbonyl (C=O) groups is 1. The number of carbonyl (C=O) groups excluding carboxylic acids is 1. The molecule has 2 aromatic heterocycles. The van der Waals surface area contributed by atoms with E-state index in [1.54, 1.807) is 6.07 Å². The maximum atomic E-state index is 12.5. The second-order valence-electron chi connectivity index (χ2n) is 5.89. The highest BCUT2D eigenvalue weighted by Crippen LogP contribution is 2.15. The summed E-state index contributed by atoms with van der Waals surface area (Å²) in [6.07, 6.45) is 1.42. The summed E-state index contributed by atoms with van der Waals surface area (Å²) in [6, 6.07) is 8.84. The van der Waals surface area contributed by atoms with Crippen molar-refractivity contribution in [3.8, 4) is 0 Å². The number of hydrogen-bond donors (Lipinski definition) is 1. The van der Waals surface area contributed by atoms with E-state index in [2.05, 4.69) is 10.3 Å². The van der Waals surface area contributed by atoms with Crippen molar-refractivity contribution in [2.24, 2.45) is 0 Å². The summed E-state index contributed by atoms with van der Waals surface area (Å²) >= 11 is 0. The number of benzene rings is 1. The van der Waals surface area contributed by atoms with Crippen LogP contribution in [0, 0.1) is 13.8 Å². The molecule has 0 aliphatic heterocycles. The first-order chi connectivity index (χ1) is 11.5. The van der Waals surface area contributed by atoms with E-state index in [0.717, 1.165) is 11.3 Å². The van der Waals surface area contributed by atoms with Crippen molar-refractivity contribution >= 4 is 16.8 Å². The van der Waals surface area contributed by atoms with Crippen LogP contribution in [0.5, 0.6) is 0 Å². The van der Waals surface area contributed by atoms with Crippen LogP contribution >= 0.6 is 0 Å². The van der Waals surface area contributed by atoms with Crippen LogP contribution in [0.15, 0.2) is 45.9 Å². The lowest BCUT2D eigenvalue weighted by Gasteiger charge is -2.12. The Bertz CT molecular complexity index is 956. The van der Waals surface area contributed by atoms with E-state index in [9.17, 15) is 9.59 Å².